The highest BCUT2D eigenvalue weighted by Gasteiger charge is 2.17. The van der Waals surface area contributed by atoms with Gasteiger partial charge in [-0.25, -0.2) is 0 Å². The molecule has 0 aliphatic heterocycles. The number of hydrogen-bond acceptors (Lipinski definition) is 3. The standard InChI is InChI=1S/C23H15NO2/c1-26-20-13-12-19-18-11-10-14-6-2-3-7-15(14)21(18)16-8-4-5-9-17(16)22(19)23(20)24-25/h2-13H,1H3. The fourth-order valence-corrected chi connectivity index (χ4v) is 4.03. The Morgan fingerprint density at radius 2 is 1.23 bits per heavy atom. The first-order chi connectivity index (χ1) is 12.8. The molecule has 0 atom stereocenters. The average Bonchev–Trinajstić information content (AvgIpc) is 2.72. The van der Waals surface area contributed by atoms with Gasteiger partial charge in [-0.2, -0.15) is 0 Å². The molecule has 0 radical (unpaired) electrons. The van der Waals surface area contributed by atoms with Crippen molar-refractivity contribution < 1.29 is 4.74 Å². The van der Waals surface area contributed by atoms with Gasteiger partial charge in [-0.3, -0.25) is 0 Å². The summed E-state index contributed by atoms with van der Waals surface area (Å²) in [5, 5.41) is 12.0. The Morgan fingerprint density at radius 3 is 1.96 bits per heavy atom. The molecule has 0 bridgehead atoms. The van der Waals surface area contributed by atoms with Crippen LogP contribution in [0.1, 0.15) is 0 Å². The molecule has 0 spiro atoms. The lowest BCUT2D eigenvalue weighted by atomic mass is 9.90. The summed E-state index contributed by atoms with van der Waals surface area (Å²) < 4.78 is 5.38. The van der Waals surface area contributed by atoms with E-state index in [-0.39, 0.29) is 0 Å². The summed E-state index contributed by atoms with van der Waals surface area (Å²) in [7, 11) is 1.56. The summed E-state index contributed by atoms with van der Waals surface area (Å²) in [4.78, 5) is 11.7. The third kappa shape index (κ3) is 1.88. The smallest absolute Gasteiger partial charge is 0.158 e. The summed E-state index contributed by atoms with van der Waals surface area (Å²) in [6.45, 7) is 0. The first-order valence-electron chi connectivity index (χ1n) is 8.49. The lowest BCUT2D eigenvalue weighted by Gasteiger charge is -2.14. The Morgan fingerprint density at radius 1 is 0.654 bits per heavy atom. The van der Waals surface area contributed by atoms with E-state index in [1.165, 1.54) is 16.2 Å². The largest absolute Gasteiger partial charge is 0.494 e. The predicted octanol–water partition coefficient (Wildman–Crippen LogP) is 6.71. The van der Waals surface area contributed by atoms with E-state index < -0.39 is 0 Å². The monoisotopic (exact) mass is 337 g/mol. The van der Waals surface area contributed by atoms with Crippen LogP contribution < -0.4 is 4.74 Å². The molecule has 5 aromatic rings. The molecule has 3 nitrogen and oxygen atoms in total. The first-order valence-corrected chi connectivity index (χ1v) is 8.49. The van der Waals surface area contributed by atoms with Gasteiger partial charge in [0.05, 0.1) is 7.11 Å². The van der Waals surface area contributed by atoms with Gasteiger partial charge in [-0.05, 0) is 55.0 Å². The minimum Gasteiger partial charge on any atom is -0.494 e. The van der Waals surface area contributed by atoms with Crippen molar-refractivity contribution in [1.29, 1.82) is 0 Å². The summed E-state index contributed by atoms with van der Waals surface area (Å²) in [5.74, 6) is 0.498. The van der Waals surface area contributed by atoms with E-state index in [1.54, 1.807) is 7.11 Å². The van der Waals surface area contributed by atoms with Gasteiger partial charge in [0, 0.05) is 5.39 Å². The molecule has 0 aliphatic rings. The van der Waals surface area contributed by atoms with E-state index in [2.05, 4.69) is 47.6 Å². The maximum absolute atomic E-state index is 11.7. The second kappa shape index (κ2) is 5.53. The van der Waals surface area contributed by atoms with Gasteiger partial charge in [0.2, 0.25) is 0 Å². The van der Waals surface area contributed by atoms with Crippen LogP contribution in [0, 0.1) is 4.91 Å². The number of nitroso groups, excluding NO2 is 1. The zero-order chi connectivity index (χ0) is 17.7. The maximum atomic E-state index is 11.7. The third-order valence-electron chi connectivity index (χ3n) is 5.14. The summed E-state index contributed by atoms with van der Waals surface area (Å²) in [5.41, 5.74) is 0.358. The number of fused-ring (bicyclic) bond motifs is 8. The molecular formula is C23H15NO2. The van der Waals surface area contributed by atoms with Gasteiger partial charge >= 0.3 is 0 Å². The molecule has 5 rings (SSSR count). The quantitative estimate of drug-likeness (QED) is 0.265. The molecule has 0 N–H and O–H groups in total. The molecule has 0 aromatic heterocycles. The van der Waals surface area contributed by atoms with E-state index >= 15 is 0 Å². The van der Waals surface area contributed by atoms with Crippen molar-refractivity contribution in [1.82, 2.24) is 0 Å². The number of ether oxygens (including phenoxy) is 1. The lowest BCUT2D eigenvalue weighted by Crippen LogP contribution is -1.88. The minimum atomic E-state index is 0.358. The van der Waals surface area contributed by atoms with Gasteiger partial charge < -0.3 is 4.74 Å². The van der Waals surface area contributed by atoms with Crippen LogP contribution in [0.3, 0.4) is 0 Å². The van der Waals surface area contributed by atoms with Crippen LogP contribution in [0.5, 0.6) is 5.75 Å². The van der Waals surface area contributed by atoms with Crippen LogP contribution in [-0.2, 0) is 0 Å². The fraction of sp³-hybridized carbons (Fsp3) is 0.0435. The molecule has 0 fully saturated rings. The van der Waals surface area contributed by atoms with Crippen molar-refractivity contribution >= 4 is 48.8 Å². The molecule has 0 saturated carbocycles. The normalized spacial score (nSPS) is 11.4. The molecule has 0 unspecified atom stereocenters. The molecule has 0 saturated heterocycles. The summed E-state index contributed by atoms with van der Waals surface area (Å²) >= 11 is 0. The van der Waals surface area contributed by atoms with Crippen LogP contribution >= 0.6 is 0 Å². The van der Waals surface area contributed by atoms with E-state index in [9.17, 15) is 4.91 Å². The maximum Gasteiger partial charge on any atom is 0.158 e. The molecule has 3 heteroatoms. The Kier molecular flexibility index (Phi) is 3.16. The van der Waals surface area contributed by atoms with Crippen LogP contribution in [0.2, 0.25) is 0 Å². The number of rotatable bonds is 2. The highest BCUT2D eigenvalue weighted by atomic mass is 16.5. The molecular weight excluding hydrogens is 322 g/mol. The summed E-state index contributed by atoms with van der Waals surface area (Å²) in [6, 6.07) is 24.7. The molecule has 0 aliphatic carbocycles. The highest BCUT2D eigenvalue weighted by molar-refractivity contribution is 6.33. The number of benzene rings is 5. The highest BCUT2D eigenvalue weighted by Crippen LogP contribution is 2.45. The van der Waals surface area contributed by atoms with Gasteiger partial charge in [-0.1, -0.05) is 60.7 Å². The van der Waals surface area contributed by atoms with E-state index in [0.717, 1.165) is 26.9 Å². The second-order valence-corrected chi connectivity index (χ2v) is 6.39. The van der Waals surface area contributed by atoms with Gasteiger partial charge in [0.25, 0.3) is 0 Å². The van der Waals surface area contributed by atoms with Gasteiger partial charge in [-0.15, -0.1) is 4.91 Å². The second-order valence-electron chi connectivity index (χ2n) is 6.39. The third-order valence-corrected chi connectivity index (χ3v) is 5.14. The Balaban J connectivity index is 2.18. The fourth-order valence-electron chi connectivity index (χ4n) is 4.03. The van der Waals surface area contributed by atoms with Crippen molar-refractivity contribution in [2.75, 3.05) is 7.11 Å². The predicted molar refractivity (Wildman–Crippen MR) is 108 cm³/mol. The van der Waals surface area contributed by atoms with Crippen molar-refractivity contribution in [3.05, 3.63) is 77.7 Å². The molecule has 124 valence electrons. The topological polar surface area (TPSA) is 38.7 Å². The Labute approximate surface area is 149 Å². The number of nitrogens with zero attached hydrogens (tertiary/aromatic N) is 1. The van der Waals surface area contributed by atoms with E-state index in [1.807, 2.05) is 30.3 Å². The van der Waals surface area contributed by atoms with Crippen molar-refractivity contribution in [2.24, 2.45) is 5.18 Å². The van der Waals surface area contributed by atoms with Crippen LogP contribution in [0.4, 0.5) is 5.69 Å². The van der Waals surface area contributed by atoms with Gasteiger partial charge in [0.15, 0.2) is 5.69 Å². The molecule has 5 aromatic carbocycles. The minimum absolute atomic E-state index is 0.358. The lowest BCUT2D eigenvalue weighted by molar-refractivity contribution is 0.416. The average molecular weight is 337 g/mol. The Bertz CT molecular complexity index is 1320. The molecule has 0 amide bonds. The Hall–Kier alpha value is -3.46. The van der Waals surface area contributed by atoms with Crippen molar-refractivity contribution in [3.63, 3.8) is 0 Å². The first kappa shape index (κ1) is 14.8. The zero-order valence-corrected chi connectivity index (χ0v) is 14.2. The summed E-state index contributed by atoms with van der Waals surface area (Å²) in [6.07, 6.45) is 0. The van der Waals surface area contributed by atoms with Crippen molar-refractivity contribution in [3.8, 4) is 5.75 Å². The SMILES string of the molecule is COc1ccc2c3ccc4ccccc4c3c3ccccc3c2c1N=O. The van der Waals surface area contributed by atoms with Crippen LogP contribution in [0.15, 0.2) is 78.0 Å². The zero-order valence-electron chi connectivity index (χ0n) is 14.2. The molecule has 0 heterocycles. The molecule has 26 heavy (non-hydrogen) atoms. The number of methoxy groups -OCH3 is 1. The van der Waals surface area contributed by atoms with E-state index in [4.69, 9.17) is 4.74 Å². The van der Waals surface area contributed by atoms with Crippen LogP contribution in [0.25, 0.3) is 43.1 Å². The van der Waals surface area contributed by atoms with Crippen LogP contribution in [-0.4, -0.2) is 7.11 Å². The van der Waals surface area contributed by atoms with Crippen molar-refractivity contribution in [2.45, 2.75) is 0 Å². The van der Waals surface area contributed by atoms with E-state index in [0.29, 0.717) is 11.4 Å². The van der Waals surface area contributed by atoms with Gasteiger partial charge in [0.1, 0.15) is 5.75 Å². The number of hydrogen-bond donors (Lipinski definition) is 0.